The Hall–Kier alpha value is -0.0800. The van der Waals surface area contributed by atoms with Crippen LogP contribution >= 0.6 is 0 Å². The van der Waals surface area contributed by atoms with Crippen LogP contribution in [0.2, 0.25) is 0 Å². The highest BCUT2D eigenvalue weighted by Crippen LogP contribution is 2.14. The largest absolute Gasteiger partial charge is 0.395 e. The van der Waals surface area contributed by atoms with Crippen molar-refractivity contribution in [1.82, 2.24) is 4.90 Å². The molecule has 54 valence electrons. The molecule has 1 N–H and O–H groups in total. The molecule has 1 aliphatic heterocycles. The molecular weight excluding hydrogens is 114 g/mol. The maximum absolute atomic E-state index is 8.86. The monoisotopic (exact) mass is 130 g/mol. The quantitative estimate of drug-likeness (QED) is 0.587. The lowest BCUT2D eigenvalue weighted by Crippen LogP contribution is -2.31. The first-order valence-electron chi connectivity index (χ1n) is 4.23. The zero-order valence-electron chi connectivity index (χ0n) is 6.71. The normalized spacial score (nSPS) is 30.8. The third-order valence-corrected chi connectivity index (χ3v) is 2.00. The van der Waals surface area contributed by atoms with Crippen LogP contribution in [0.5, 0.6) is 0 Å². The molecule has 1 saturated heterocycles. The number of hydrogen-bond donors (Lipinski definition) is 1. The summed E-state index contributed by atoms with van der Waals surface area (Å²) in [5.41, 5.74) is 0. The number of nitrogens with zero attached hydrogens (tertiary/aromatic N) is 1. The smallest absolute Gasteiger partial charge is 0.0586 e. The molecule has 2 nitrogen and oxygen atoms in total. The molecule has 0 radical (unpaired) electrons. The summed E-state index contributed by atoms with van der Waals surface area (Å²) in [4.78, 5) is 2.20. The highest BCUT2D eigenvalue weighted by atomic mass is 16.3. The average Bonchev–Trinajstić information content (AvgIpc) is 2.36. The van der Waals surface area contributed by atoms with Crippen LogP contribution in [0.15, 0.2) is 0 Å². The first kappa shape index (κ1) is 5.69. The van der Waals surface area contributed by atoms with Crippen LogP contribution in [0.25, 0.3) is 0 Å². The van der Waals surface area contributed by atoms with Crippen molar-refractivity contribution in [3.63, 3.8) is 0 Å². The minimum Gasteiger partial charge on any atom is -0.395 e. The molecule has 0 aliphatic carbocycles. The van der Waals surface area contributed by atoms with E-state index in [1.165, 1.54) is 6.42 Å². The van der Waals surface area contributed by atoms with Crippen molar-refractivity contribution in [3.8, 4) is 0 Å². The van der Waals surface area contributed by atoms with Crippen LogP contribution in [0.3, 0.4) is 0 Å². The molecule has 0 aromatic rings. The number of rotatable bonds is 2. The molecule has 0 unspecified atom stereocenters. The topological polar surface area (TPSA) is 23.5 Å². The summed E-state index contributed by atoms with van der Waals surface area (Å²) < 4.78 is 7.01. The van der Waals surface area contributed by atoms with E-state index in [2.05, 4.69) is 4.90 Å². The molecule has 1 aliphatic rings. The van der Waals surface area contributed by atoms with Crippen LogP contribution in [-0.4, -0.2) is 35.7 Å². The zero-order chi connectivity index (χ0) is 7.40. The number of aliphatic hydroxyl groups is 1. The molecule has 1 heterocycles. The maximum Gasteiger partial charge on any atom is 0.0586 e. The van der Waals surface area contributed by atoms with E-state index in [-0.39, 0.29) is 6.61 Å². The van der Waals surface area contributed by atoms with Crippen LogP contribution in [-0.2, 0) is 0 Å². The number of likely N-dealkylation sites (N-methyl/N-ethyl adjacent to an activating group) is 1. The molecule has 0 bridgehead atoms. The van der Waals surface area contributed by atoms with Gasteiger partial charge in [-0.25, -0.2) is 0 Å². The first-order valence-corrected chi connectivity index (χ1v) is 3.52. The second-order valence-corrected chi connectivity index (χ2v) is 2.51. The summed E-state index contributed by atoms with van der Waals surface area (Å²) in [5.74, 6) is 0. The second-order valence-electron chi connectivity index (χ2n) is 2.51. The Morgan fingerprint density at radius 1 is 1.89 bits per heavy atom. The van der Waals surface area contributed by atoms with Gasteiger partial charge in [-0.2, -0.15) is 0 Å². The van der Waals surface area contributed by atoms with Gasteiger partial charge in [0.25, 0.3) is 0 Å². The minimum atomic E-state index is 0.264. The van der Waals surface area contributed by atoms with Crippen molar-refractivity contribution < 1.29 is 6.48 Å². The van der Waals surface area contributed by atoms with E-state index in [1.807, 2.05) is 0 Å². The predicted octanol–water partition coefficient (Wildman–Crippen LogP) is 0.463. The Morgan fingerprint density at radius 3 is 3.44 bits per heavy atom. The van der Waals surface area contributed by atoms with E-state index in [0.717, 1.165) is 19.5 Å². The average molecular weight is 130 g/mol. The lowest BCUT2D eigenvalue weighted by atomic mass is 10.2. The molecule has 9 heavy (non-hydrogen) atoms. The molecule has 1 rings (SSSR count). The molecular formula is C7H15NO. The SMILES string of the molecule is [2H]CCN1CCC[C@H]1CO. The van der Waals surface area contributed by atoms with Gasteiger partial charge in [-0.05, 0) is 25.9 Å². The summed E-state index contributed by atoms with van der Waals surface area (Å²) in [5, 5.41) is 8.86. The van der Waals surface area contributed by atoms with Crippen molar-refractivity contribution in [1.29, 1.82) is 0 Å². The standard InChI is InChI=1S/C7H15NO/c1-2-8-5-3-4-7(8)6-9/h7,9H,2-6H2,1H3/t7-/m0/s1/i1D. The van der Waals surface area contributed by atoms with E-state index < -0.39 is 0 Å². The highest BCUT2D eigenvalue weighted by Gasteiger charge is 2.21. The summed E-state index contributed by atoms with van der Waals surface area (Å²) in [6.07, 6.45) is 2.29. The molecule has 1 fully saturated rings. The minimum absolute atomic E-state index is 0.264. The molecule has 0 amide bonds. The van der Waals surface area contributed by atoms with Crippen molar-refractivity contribution in [2.24, 2.45) is 0 Å². The van der Waals surface area contributed by atoms with E-state index >= 15 is 0 Å². The van der Waals surface area contributed by atoms with E-state index in [4.69, 9.17) is 6.48 Å². The van der Waals surface area contributed by atoms with Crippen molar-refractivity contribution in [2.75, 3.05) is 19.7 Å². The van der Waals surface area contributed by atoms with E-state index in [1.54, 1.807) is 0 Å². The van der Waals surface area contributed by atoms with Gasteiger partial charge >= 0.3 is 0 Å². The Balaban J connectivity index is 2.27. The maximum atomic E-state index is 8.86. The van der Waals surface area contributed by atoms with Crippen molar-refractivity contribution in [3.05, 3.63) is 0 Å². The molecule has 0 saturated carbocycles. The summed E-state index contributed by atoms with van der Waals surface area (Å²) in [7, 11) is 0. The Kier molecular flexibility index (Phi) is 2.01. The van der Waals surface area contributed by atoms with E-state index in [0.29, 0.717) is 12.9 Å². The van der Waals surface area contributed by atoms with Gasteiger partial charge in [0.05, 0.1) is 6.61 Å². The first-order chi connectivity index (χ1) is 4.88. The van der Waals surface area contributed by atoms with Gasteiger partial charge in [0.1, 0.15) is 0 Å². The Bertz CT molecular complexity index is 99.6. The number of likely N-dealkylation sites (tertiary alicyclic amines) is 1. The fourth-order valence-electron chi connectivity index (χ4n) is 1.40. The Morgan fingerprint density at radius 2 is 2.78 bits per heavy atom. The van der Waals surface area contributed by atoms with Gasteiger partial charge in [-0.1, -0.05) is 6.90 Å². The third-order valence-electron chi connectivity index (χ3n) is 2.00. The molecule has 0 spiro atoms. The summed E-state index contributed by atoms with van der Waals surface area (Å²) in [6.45, 7) is 2.62. The lowest BCUT2D eigenvalue weighted by Gasteiger charge is -2.19. The van der Waals surface area contributed by atoms with Crippen LogP contribution in [0.1, 0.15) is 21.1 Å². The highest BCUT2D eigenvalue weighted by molar-refractivity contribution is 4.76. The summed E-state index contributed by atoms with van der Waals surface area (Å²) in [6, 6.07) is 0.352. The van der Waals surface area contributed by atoms with Gasteiger partial charge in [0, 0.05) is 7.41 Å². The number of hydrogen-bond acceptors (Lipinski definition) is 2. The van der Waals surface area contributed by atoms with E-state index in [9.17, 15) is 0 Å². The fourth-order valence-corrected chi connectivity index (χ4v) is 1.40. The zero-order valence-corrected chi connectivity index (χ0v) is 5.71. The molecule has 1 atom stereocenters. The van der Waals surface area contributed by atoms with Gasteiger partial charge in [-0.3, -0.25) is 4.90 Å². The third kappa shape index (κ3) is 1.43. The van der Waals surface area contributed by atoms with Crippen LogP contribution < -0.4 is 0 Å². The van der Waals surface area contributed by atoms with Gasteiger partial charge in [0.2, 0.25) is 0 Å². The second kappa shape index (κ2) is 3.18. The van der Waals surface area contributed by atoms with Crippen molar-refractivity contribution in [2.45, 2.75) is 25.8 Å². The Labute approximate surface area is 57.9 Å². The van der Waals surface area contributed by atoms with Crippen molar-refractivity contribution >= 4 is 0 Å². The lowest BCUT2D eigenvalue weighted by molar-refractivity contribution is 0.164. The molecule has 2 heteroatoms. The van der Waals surface area contributed by atoms with Crippen LogP contribution in [0, 0.1) is 0 Å². The molecule has 0 aromatic heterocycles. The van der Waals surface area contributed by atoms with Crippen LogP contribution in [0.4, 0.5) is 0 Å². The van der Waals surface area contributed by atoms with Gasteiger partial charge in [-0.15, -0.1) is 0 Å². The summed E-state index contributed by atoms with van der Waals surface area (Å²) >= 11 is 0. The molecule has 0 aromatic carbocycles. The van der Waals surface area contributed by atoms with Gasteiger partial charge in [0.15, 0.2) is 0 Å². The predicted molar refractivity (Wildman–Crippen MR) is 37.4 cm³/mol. The fraction of sp³-hybridized carbons (Fsp3) is 1.00. The van der Waals surface area contributed by atoms with Gasteiger partial charge < -0.3 is 5.11 Å². The number of aliphatic hydroxyl groups excluding tert-OH is 1.